The van der Waals surface area contributed by atoms with E-state index < -0.39 is 0 Å². The number of nitrogens with one attached hydrogen (secondary N) is 2. The Morgan fingerprint density at radius 3 is 2.76 bits per heavy atom. The molecular weight excluding hydrogens is 412 g/mol. The zero-order valence-corrected chi connectivity index (χ0v) is 19.5. The first-order chi connectivity index (χ1) is 16.2. The summed E-state index contributed by atoms with van der Waals surface area (Å²) in [5.41, 5.74) is 6.13. The molecule has 3 aliphatic rings. The number of piperidine rings is 1. The summed E-state index contributed by atoms with van der Waals surface area (Å²) in [6.07, 6.45) is 11.6. The van der Waals surface area contributed by atoms with E-state index in [4.69, 9.17) is 4.74 Å². The van der Waals surface area contributed by atoms with Gasteiger partial charge in [0.25, 0.3) is 5.91 Å². The van der Waals surface area contributed by atoms with E-state index in [1.54, 1.807) is 0 Å². The van der Waals surface area contributed by atoms with Crippen molar-refractivity contribution in [2.45, 2.75) is 57.7 Å². The van der Waals surface area contributed by atoms with E-state index in [9.17, 15) is 4.79 Å². The Balaban J connectivity index is 1.38. The lowest BCUT2D eigenvalue weighted by molar-refractivity contribution is -0.116. The fourth-order valence-corrected chi connectivity index (χ4v) is 5.11. The molecule has 174 valence electrons. The Morgan fingerprint density at radius 1 is 1.12 bits per heavy atom. The summed E-state index contributed by atoms with van der Waals surface area (Å²) in [5, 5.41) is 6.72. The first kappa shape index (κ1) is 22.1. The van der Waals surface area contributed by atoms with Crippen molar-refractivity contribution >= 4 is 17.2 Å². The topological polar surface area (TPSA) is 66.5 Å². The van der Waals surface area contributed by atoms with Crippen molar-refractivity contribution in [1.29, 1.82) is 0 Å². The first-order valence-corrected chi connectivity index (χ1v) is 12.3. The second-order valence-electron chi connectivity index (χ2n) is 9.55. The van der Waals surface area contributed by atoms with E-state index >= 15 is 0 Å². The average Bonchev–Trinajstić information content (AvgIpc) is 2.84. The Labute approximate surface area is 196 Å². The van der Waals surface area contributed by atoms with Crippen LogP contribution in [0, 0.1) is 0 Å². The number of likely N-dealkylation sites (tertiary alicyclic amines) is 1. The molecule has 5 rings (SSSR count). The van der Waals surface area contributed by atoms with Gasteiger partial charge in [0.15, 0.2) is 0 Å². The lowest BCUT2D eigenvalue weighted by Crippen LogP contribution is -2.40. The number of pyridine rings is 1. The van der Waals surface area contributed by atoms with Gasteiger partial charge in [-0.1, -0.05) is 12.5 Å². The number of hydrogen-bond acceptors (Lipinski definition) is 5. The van der Waals surface area contributed by atoms with Crippen LogP contribution in [0.4, 0.5) is 5.69 Å². The number of nitrogens with zero attached hydrogens (tertiary/aromatic N) is 2. The van der Waals surface area contributed by atoms with Crippen molar-refractivity contribution in [2.24, 2.45) is 0 Å². The summed E-state index contributed by atoms with van der Waals surface area (Å²) in [6, 6.07) is 8.87. The SMILES string of the molecule is CC1C=C(C(=O)NC2CCOCC2)c2cc(-c3cncc(CN4CCCCC4)c3)ccc2N1. The van der Waals surface area contributed by atoms with Gasteiger partial charge < -0.3 is 15.4 Å². The minimum absolute atomic E-state index is 0.00521. The highest BCUT2D eigenvalue weighted by atomic mass is 16.5. The molecule has 6 nitrogen and oxygen atoms in total. The van der Waals surface area contributed by atoms with Gasteiger partial charge in [-0.3, -0.25) is 14.7 Å². The maximum absolute atomic E-state index is 13.2. The summed E-state index contributed by atoms with van der Waals surface area (Å²) in [4.78, 5) is 20.3. The molecule has 3 aliphatic heterocycles. The van der Waals surface area contributed by atoms with E-state index in [0.29, 0.717) is 13.2 Å². The second-order valence-corrected chi connectivity index (χ2v) is 9.55. The molecule has 1 unspecified atom stereocenters. The summed E-state index contributed by atoms with van der Waals surface area (Å²) >= 11 is 0. The minimum atomic E-state index is 0.00521. The number of anilines is 1. The number of aromatic nitrogens is 1. The zero-order valence-electron chi connectivity index (χ0n) is 19.5. The highest BCUT2D eigenvalue weighted by Crippen LogP contribution is 2.34. The van der Waals surface area contributed by atoms with Gasteiger partial charge in [0, 0.05) is 66.6 Å². The second kappa shape index (κ2) is 10.1. The highest BCUT2D eigenvalue weighted by Gasteiger charge is 2.25. The highest BCUT2D eigenvalue weighted by molar-refractivity contribution is 6.22. The number of rotatable bonds is 5. The molecule has 2 aromatic rings. The maximum Gasteiger partial charge on any atom is 0.251 e. The van der Waals surface area contributed by atoms with Gasteiger partial charge in [-0.25, -0.2) is 0 Å². The predicted molar refractivity (Wildman–Crippen MR) is 132 cm³/mol. The molecule has 0 radical (unpaired) electrons. The number of hydrogen-bond donors (Lipinski definition) is 2. The van der Waals surface area contributed by atoms with Crippen molar-refractivity contribution in [3.05, 3.63) is 53.9 Å². The Morgan fingerprint density at radius 2 is 1.94 bits per heavy atom. The van der Waals surface area contributed by atoms with Crippen LogP contribution in [0.2, 0.25) is 0 Å². The molecule has 0 bridgehead atoms. The molecule has 1 aromatic carbocycles. The molecule has 0 aliphatic carbocycles. The van der Waals surface area contributed by atoms with Crippen molar-refractivity contribution in [3.8, 4) is 11.1 Å². The van der Waals surface area contributed by atoms with E-state index in [2.05, 4.69) is 51.7 Å². The van der Waals surface area contributed by atoms with Gasteiger partial charge >= 0.3 is 0 Å². The molecule has 1 amide bonds. The Bertz CT molecular complexity index is 1020. The number of ether oxygens (including phenoxy) is 1. The van der Waals surface area contributed by atoms with Gasteiger partial charge in [0.05, 0.1) is 0 Å². The standard InChI is InChI=1S/C27H34N4O2/c1-19-13-25(27(32)30-23-7-11-33-12-8-23)24-15-21(5-6-26(24)29-19)22-14-20(16-28-17-22)18-31-9-3-2-4-10-31/h5-6,13-17,19,23,29H,2-4,7-12,18H2,1H3,(H,30,32). The van der Waals surface area contributed by atoms with E-state index in [1.165, 1.54) is 37.9 Å². The molecule has 4 heterocycles. The van der Waals surface area contributed by atoms with Crippen molar-refractivity contribution < 1.29 is 9.53 Å². The van der Waals surface area contributed by atoms with Crippen molar-refractivity contribution in [2.75, 3.05) is 31.6 Å². The van der Waals surface area contributed by atoms with Crippen LogP contribution in [0.15, 0.2) is 42.7 Å². The van der Waals surface area contributed by atoms with Crippen LogP contribution in [-0.2, 0) is 16.1 Å². The monoisotopic (exact) mass is 446 g/mol. The fraction of sp³-hybridized carbons (Fsp3) is 0.481. The molecule has 33 heavy (non-hydrogen) atoms. The lowest BCUT2D eigenvalue weighted by atomic mass is 9.92. The lowest BCUT2D eigenvalue weighted by Gasteiger charge is -2.27. The van der Waals surface area contributed by atoms with Gasteiger partial charge in [0.2, 0.25) is 0 Å². The molecule has 1 aromatic heterocycles. The third kappa shape index (κ3) is 5.28. The van der Waals surface area contributed by atoms with Gasteiger partial charge in [-0.2, -0.15) is 0 Å². The Hall–Kier alpha value is -2.70. The van der Waals surface area contributed by atoms with Crippen LogP contribution in [-0.4, -0.2) is 54.2 Å². The molecule has 0 saturated carbocycles. The smallest absolute Gasteiger partial charge is 0.251 e. The van der Waals surface area contributed by atoms with Crippen LogP contribution in [0.25, 0.3) is 16.7 Å². The number of carbonyl (C=O) groups excluding carboxylic acids is 1. The molecule has 0 spiro atoms. The van der Waals surface area contributed by atoms with Crippen molar-refractivity contribution in [3.63, 3.8) is 0 Å². The summed E-state index contributed by atoms with van der Waals surface area (Å²) in [5.74, 6) is 0.00521. The van der Waals surface area contributed by atoms with Gasteiger partial charge in [-0.15, -0.1) is 0 Å². The van der Waals surface area contributed by atoms with Crippen molar-refractivity contribution in [1.82, 2.24) is 15.2 Å². The number of benzene rings is 1. The Kier molecular flexibility index (Phi) is 6.74. The van der Waals surface area contributed by atoms with E-state index in [1.807, 2.05) is 18.5 Å². The number of amides is 1. The van der Waals surface area contributed by atoms with Crippen LogP contribution < -0.4 is 10.6 Å². The molecule has 1 atom stereocenters. The van der Waals surface area contributed by atoms with Crippen LogP contribution in [0.3, 0.4) is 0 Å². The van der Waals surface area contributed by atoms with Crippen LogP contribution in [0.5, 0.6) is 0 Å². The number of carbonyl (C=O) groups is 1. The third-order valence-electron chi connectivity index (χ3n) is 6.89. The summed E-state index contributed by atoms with van der Waals surface area (Å²) in [6.45, 7) is 6.79. The van der Waals surface area contributed by atoms with Gasteiger partial charge in [0.1, 0.15) is 0 Å². The summed E-state index contributed by atoms with van der Waals surface area (Å²) < 4.78 is 5.44. The summed E-state index contributed by atoms with van der Waals surface area (Å²) in [7, 11) is 0. The average molecular weight is 447 g/mol. The maximum atomic E-state index is 13.2. The van der Waals surface area contributed by atoms with E-state index in [-0.39, 0.29) is 18.0 Å². The van der Waals surface area contributed by atoms with E-state index in [0.717, 1.165) is 47.3 Å². The first-order valence-electron chi connectivity index (χ1n) is 12.3. The molecule has 2 fully saturated rings. The normalized spacial score (nSPS) is 21.6. The zero-order chi connectivity index (χ0) is 22.6. The molecule has 2 saturated heterocycles. The molecule has 2 N–H and O–H groups in total. The molecule has 6 heteroatoms. The largest absolute Gasteiger partial charge is 0.381 e. The molecular formula is C27H34N4O2. The minimum Gasteiger partial charge on any atom is -0.381 e. The fourth-order valence-electron chi connectivity index (χ4n) is 5.11. The van der Waals surface area contributed by atoms with Gasteiger partial charge in [-0.05, 0) is 81.1 Å². The number of fused-ring (bicyclic) bond motifs is 1. The third-order valence-corrected chi connectivity index (χ3v) is 6.89. The van der Waals surface area contributed by atoms with Crippen LogP contribution in [0.1, 0.15) is 50.2 Å². The predicted octanol–water partition coefficient (Wildman–Crippen LogP) is 4.23. The van der Waals surface area contributed by atoms with Crippen LogP contribution >= 0.6 is 0 Å². The quantitative estimate of drug-likeness (QED) is 0.720.